The van der Waals surface area contributed by atoms with Crippen molar-refractivity contribution in [2.45, 2.75) is 13.1 Å². The van der Waals surface area contributed by atoms with Crippen LogP contribution in [0, 0.1) is 0 Å². The van der Waals surface area contributed by atoms with E-state index in [-0.39, 0.29) is 11.7 Å². The molecule has 0 saturated carbocycles. The molecule has 0 saturated heterocycles. The molecule has 0 unspecified atom stereocenters. The predicted molar refractivity (Wildman–Crippen MR) is 125 cm³/mol. The fourth-order valence-electron chi connectivity index (χ4n) is 3.83. The number of aromatic nitrogens is 2. The van der Waals surface area contributed by atoms with Crippen molar-refractivity contribution in [2.24, 2.45) is 0 Å². The van der Waals surface area contributed by atoms with Gasteiger partial charge in [0.05, 0.1) is 6.26 Å². The maximum atomic E-state index is 12.5. The molecule has 0 spiro atoms. The molecule has 0 atom stereocenters. The summed E-state index contributed by atoms with van der Waals surface area (Å²) in [5.41, 5.74) is 4.37. The molecule has 3 N–H and O–H groups in total. The molecule has 5 aromatic rings. The summed E-state index contributed by atoms with van der Waals surface area (Å²) in [6.07, 6.45) is 5.32. The minimum absolute atomic E-state index is 0.225. The van der Waals surface area contributed by atoms with Crippen LogP contribution in [0.1, 0.15) is 21.7 Å². The van der Waals surface area contributed by atoms with Crippen molar-refractivity contribution in [3.05, 3.63) is 96.2 Å². The Balaban J connectivity index is 1.47. The number of hydrogen-bond acceptors (Lipinski definition) is 3. The maximum absolute atomic E-state index is 12.5. The Morgan fingerprint density at radius 3 is 2.03 bits per heavy atom. The van der Waals surface area contributed by atoms with Gasteiger partial charge in [0.25, 0.3) is 5.91 Å². The second-order valence-electron chi connectivity index (χ2n) is 7.30. The number of carbonyl (C=O) groups is 1. The Morgan fingerprint density at radius 1 is 0.871 bits per heavy atom. The monoisotopic (exact) mass is 428 g/mol. The number of benzene rings is 2. The second kappa shape index (κ2) is 8.12. The third-order valence-corrected chi connectivity index (χ3v) is 5.71. The molecule has 0 aliphatic rings. The van der Waals surface area contributed by atoms with Crippen molar-refractivity contribution in [2.75, 3.05) is 0 Å². The maximum Gasteiger partial charge on any atom is 0.293 e. The van der Waals surface area contributed by atoms with Gasteiger partial charge in [-0.3, -0.25) is 10.1 Å². The predicted octanol–water partition coefficient (Wildman–Crippen LogP) is 4.96. The zero-order chi connectivity index (χ0) is 21.2. The average Bonchev–Trinajstić information content (AvgIpc) is 3.54. The smallest absolute Gasteiger partial charge is 0.293 e. The molecular weight excluding hydrogens is 408 g/mol. The Labute approximate surface area is 183 Å². The fraction of sp³-hybridized carbons (Fsp3) is 0.0833. The first-order valence-electron chi connectivity index (χ1n) is 9.93. The number of fused-ring (bicyclic) bond motifs is 2. The van der Waals surface area contributed by atoms with Gasteiger partial charge in [0.15, 0.2) is 10.9 Å². The van der Waals surface area contributed by atoms with E-state index in [0.29, 0.717) is 18.2 Å². The van der Waals surface area contributed by atoms with Crippen molar-refractivity contribution < 1.29 is 9.21 Å². The standard InChI is InChI=1S/C24H20N4O2S/c29-23(22-8-3-13-30-22)27-24(31)28(14-16-4-1-6-20-18(16)9-11-25-20)15-17-5-2-7-21-19(17)10-12-26-21/h1-13,25-26H,14-15H2,(H,27,29,31). The molecule has 0 bridgehead atoms. The highest BCUT2D eigenvalue weighted by molar-refractivity contribution is 7.80. The Kier molecular flexibility index (Phi) is 5.01. The number of hydrogen-bond donors (Lipinski definition) is 3. The largest absolute Gasteiger partial charge is 0.459 e. The number of nitrogens with zero attached hydrogens (tertiary/aromatic N) is 1. The molecule has 0 radical (unpaired) electrons. The van der Waals surface area contributed by atoms with Gasteiger partial charge >= 0.3 is 0 Å². The molecule has 31 heavy (non-hydrogen) atoms. The Morgan fingerprint density at radius 2 is 1.48 bits per heavy atom. The van der Waals surface area contributed by atoms with Crippen molar-refractivity contribution in [3.63, 3.8) is 0 Å². The first-order chi connectivity index (χ1) is 15.2. The minimum Gasteiger partial charge on any atom is -0.459 e. The van der Waals surface area contributed by atoms with Gasteiger partial charge in [0.1, 0.15) is 0 Å². The Hall–Kier alpha value is -3.84. The molecule has 154 valence electrons. The molecule has 0 aliphatic carbocycles. The minimum atomic E-state index is -0.361. The average molecular weight is 429 g/mol. The van der Waals surface area contributed by atoms with E-state index < -0.39 is 0 Å². The van der Waals surface area contributed by atoms with Crippen LogP contribution in [0.25, 0.3) is 21.8 Å². The van der Waals surface area contributed by atoms with E-state index in [1.165, 1.54) is 6.26 Å². The van der Waals surface area contributed by atoms with E-state index in [9.17, 15) is 4.79 Å². The topological polar surface area (TPSA) is 77.1 Å². The van der Waals surface area contributed by atoms with Crippen LogP contribution in [0.5, 0.6) is 0 Å². The summed E-state index contributed by atoms with van der Waals surface area (Å²) in [6.45, 7) is 1.10. The van der Waals surface area contributed by atoms with Crippen LogP contribution < -0.4 is 5.32 Å². The van der Waals surface area contributed by atoms with Crippen LogP contribution in [-0.4, -0.2) is 25.9 Å². The third-order valence-electron chi connectivity index (χ3n) is 5.35. The van der Waals surface area contributed by atoms with Crippen LogP contribution in [0.4, 0.5) is 0 Å². The molecule has 0 aliphatic heterocycles. The van der Waals surface area contributed by atoms with Gasteiger partial charge in [0.2, 0.25) is 0 Å². The van der Waals surface area contributed by atoms with Gasteiger partial charge in [-0.15, -0.1) is 0 Å². The quantitative estimate of drug-likeness (QED) is 0.346. The van der Waals surface area contributed by atoms with Crippen LogP contribution in [-0.2, 0) is 13.1 Å². The normalized spacial score (nSPS) is 11.1. The van der Waals surface area contributed by atoms with Gasteiger partial charge < -0.3 is 19.3 Å². The highest BCUT2D eigenvalue weighted by Crippen LogP contribution is 2.23. The van der Waals surface area contributed by atoms with Gasteiger partial charge in [0, 0.05) is 47.3 Å². The number of rotatable bonds is 5. The second-order valence-corrected chi connectivity index (χ2v) is 7.69. The molecule has 0 fully saturated rings. The van der Waals surface area contributed by atoms with Gasteiger partial charge in [-0.25, -0.2) is 0 Å². The highest BCUT2D eigenvalue weighted by Gasteiger charge is 2.18. The van der Waals surface area contributed by atoms with Crippen LogP contribution in [0.3, 0.4) is 0 Å². The number of carbonyl (C=O) groups excluding carboxylic acids is 1. The molecule has 1 amide bonds. The van der Waals surface area contributed by atoms with Crippen molar-refractivity contribution >= 4 is 45.0 Å². The van der Waals surface area contributed by atoms with Crippen molar-refractivity contribution in [3.8, 4) is 0 Å². The van der Waals surface area contributed by atoms with E-state index in [0.717, 1.165) is 32.9 Å². The van der Waals surface area contributed by atoms with Crippen molar-refractivity contribution in [1.82, 2.24) is 20.2 Å². The molecule has 7 heteroatoms. The first kappa shape index (κ1) is 19.1. The SMILES string of the molecule is O=C(NC(=S)N(Cc1cccc2[nH]ccc12)Cc1cccc2[nH]ccc12)c1ccco1. The summed E-state index contributed by atoms with van der Waals surface area (Å²) >= 11 is 5.66. The summed E-state index contributed by atoms with van der Waals surface area (Å²) in [4.78, 5) is 21.0. The number of thiocarbonyl (C=S) groups is 1. The fourth-order valence-corrected chi connectivity index (χ4v) is 4.05. The Bertz CT molecular complexity index is 1290. The number of nitrogens with one attached hydrogen (secondary N) is 3. The molecule has 6 nitrogen and oxygen atoms in total. The lowest BCUT2D eigenvalue weighted by molar-refractivity contribution is 0.0945. The lowest BCUT2D eigenvalue weighted by atomic mass is 10.1. The van der Waals surface area contributed by atoms with Gasteiger partial charge in [-0.05, 0) is 59.7 Å². The molecular formula is C24H20N4O2S. The number of amides is 1. The molecule has 2 aromatic carbocycles. The number of furan rings is 1. The van der Waals surface area contributed by atoms with Crippen LogP contribution >= 0.6 is 12.2 Å². The molecule has 3 heterocycles. The summed E-state index contributed by atoms with van der Waals surface area (Å²) in [5.74, 6) is -0.137. The summed E-state index contributed by atoms with van der Waals surface area (Å²) in [5, 5.41) is 5.43. The van der Waals surface area contributed by atoms with E-state index in [1.807, 2.05) is 41.6 Å². The lowest BCUT2D eigenvalue weighted by Gasteiger charge is -2.26. The zero-order valence-corrected chi connectivity index (χ0v) is 17.4. The van der Waals surface area contributed by atoms with E-state index in [2.05, 4.69) is 39.6 Å². The summed E-state index contributed by atoms with van der Waals surface area (Å²) < 4.78 is 5.21. The summed E-state index contributed by atoms with van der Waals surface area (Å²) in [6, 6.07) is 19.7. The number of aromatic amines is 2. The zero-order valence-electron chi connectivity index (χ0n) is 16.6. The first-order valence-corrected chi connectivity index (χ1v) is 10.3. The highest BCUT2D eigenvalue weighted by atomic mass is 32.1. The third kappa shape index (κ3) is 3.83. The number of H-pyrrole nitrogens is 2. The van der Waals surface area contributed by atoms with E-state index in [1.54, 1.807) is 12.1 Å². The molecule has 3 aromatic heterocycles. The van der Waals surface area contributed by atoms with Gasteiger partial charge in [-0.2, -0.15) is 0 Å². The lowest BCUT2D eigenvalue weighted by Crippen LogP contribution is -2.41. The van der Waals surface area contributed by atoms with Crippen LogP contribution in [0.15, 0.2) is 83.7 Å². The summed E-state index contributed by atoms with van der Waals surface area (Å²) in [7, 11) is 0. The van der Waals surface area contributed by atoms with E-state index in [4.69, 9.17) is 16.6 Å². The van der Waals surface area contributed by atoms with Crippen molar-refractivity contribution in [1.29, 1.82) is 0 Å². The van der Waals surface area contributed by atoms with Gasteiger partial charge in [-0.1, -0.05) is 24.3 Å². The molecule has 5 rings (SSSR count). The van der Waals surface area contributed by atoms with Crippen LogP contribution in [0.2, 0.25) is 0 Å². The van der Waals surface area contributed by atoms with E-state index >= 15 is 0 Å².